The van der Waals surface area contributed by atoms with Crippen LogP contribution in [0.5, 0.6) is 5.75 Å². The Morgan fingerprint density at radius 1 is 1.25 bits per heavy atom. The van der Waals surface area contributed by atoms with E-state index in [1.54, 1.807) is 7.11 Å². The highest BCUT2D eigenvalue weighted by molar-refractivity contribution is 9.10. The first-order valence-corrected chi connectivity index (χ1v) is 6.10. The van der Waals surface area contributed by atoms with Gasteiger partial charge >= 0.3 is 0 Å². The summed E-state index contributed by atoms with van der Waals surface area (Å²) in [4.78, 5) is 4.33. The van der Waals surface area contributed by atoms with Crippen molar-refractivity contribution in [3.63, 3.8) is 0 Å². The molecular weight excluding hydrogens is 266 g/mol. The lowest BCUT2D eigenvalue weighted by molar-refractivity contribution is 0.416. The summed E-state index contributed by atoms with van der Waals surface area (Å²) in [5.74, 6) is 0.899. The molecule has 0 atom stereocenters. The second kappa shape index (κ2) is 5.85. The van der Waals surface area contributed by atoms with Gasteiger partial charge in [-0.25, -0.2) is 0 Å². The number of rotatable bonds is 1. The molecule has 0 saturated carbocycles. The molecule has 0 aliphatic carbocycles. The van der Waals surface area contributed by atoms with E-state index in [0.29, 0.717) is 0 Å². The minimum Gasteiger partial charge on any atom is -0.496 e. The van der Waals surface area contributed by atoms with Gasteiger partial charge in [0.2, 0.25) is 0 Å². The van der Waals surface area contributed by atoms with Crippen LogP contribution in [-0.2, 0) is 0 Å². The average Bonchev–Trinajstić information content (AvgIpc) is 2.31. The maximum absolute atomic E-state index is 5.35. The van der Waals surface area contributed by atoms with Crippen molar-refractivity contribution in [1.82, 2.24) is 4.98 Å². The van der Waals surface area contributed by atoms with Gasteiger partial charge < -0.3 is 4.74 Å². The molecule has 16 heavy (non-hydrogen) atoms. The zero-order valence-corrected chi connectivity index (χ0v) is 11.6. The Morgan fingerprint density at radius 3 is 2.56 bits per heavy atom. The fourth-order valence-corrected chi connectivity index (χ4v) is 1.87. The molecule has 0 saturated heterocycles. The summed E-state index contributed by atoms with van der Waals surface area (Å²) < 4.78 is 6.39. The van der Waals surface area contributed by atoms with Crippen LogP contribution in [0.15, 0.2) is 28.9 Å². The molecule has 1 heterocycles. The summed E-state index contributed by atoms with van der Waals surface area (Å²) in [7, 11) is 1.68. The molecular formula is C13H16BrNO. The third-order valence-corrected chi connectivity index (χ3v) is 2.66. The molecule has 0 bridgehead atoms. The fourth-order valence-electron chi connectivity index (χ4n) is 1.51. The Hall–Kier alpha value is -1.09. The quantitative estimate of drug-likeness (QED) is 0.776. The molecule has 0 N–H and O–H groups in total. The maximum atomic E-state index is 5.35. The summed E-state index contributed by atoms with van der Waals surface area (Å²) in [6, 6.07) is 5.97. The van der Waals surface area contributed by atoms with Gasteiger partial charge in [-0.1, -0.05) is 29.8 Å². The van der Waals surface area contributed by atoms with Crippen molar-refractivity contribution in [3.8, 4) is 5.75 Å². The predicted octanol–water partition coefficient (Wildman–Crippen LogP) is 4.34. The molecule has 86 valence electrons. The predicted molar refractivity (Wildman–Crippen MR) is 72.1 cm³/mol. The fraction of sp³-hybridized carbons (Fsp3) is 0.308. The van der Waals surface area contributed by atoms with Crippen LogP contribution in [0, 0.1) is 6.92 Å². The van der Waals surface area contributed by atoms with E-state index in [4.69, 9.17) is 4.74 Å². The van der Waals surface area contributed by atoms with Crippen LogP contribution in [-0.4, -0.2) is 12.1 Å². The molecule has 1 aromatic heterocycles. The summed E-state index contributed by atoms with van der Waals surface area (Å²) in [5.41, 5.74) is 2.01. The molecule has 0 unspecified atom stereocenters. The van der Waals surface area contributed by atoms with E-state index in [1.807, 2.05) is 45.2 Å². The summed E-state index contributed by atoms with van der Waals surface area (Å²) >= 11 is 3.44. The zero-order chi connectivity index (χ0) is 12.1. The molecule has 0 fully saturated rings. The SMILES string of the molecule is CC.COc1c(C)cnc2ccc(Br)cc12. The van der Waals surface area contributed by atoms with Crippen LogP contribution in [0.25, 0.3) is 10.9 Å². The third kappa shape index (κ3) is 2.53. The largest absolute Gasteiger partial charge is 0.496 e. The number of aryl methyl sites for hydroxylation is 1. The van der Waals surface area contributed by atoms with E-state index < -0.39 is 0 Å². The molecule has 2 rings (SSSR count). The van der Waals surface area contributed by atoms with Crippen molar-refractivity contribution in [2.24, 2.45) is 0 Å². The number of pyridine rings is 1. The van der Waals surface area contributed by atoms with Gasteiger partial charge in [-0.15, -0.1) is 0 Å². The van der Waals surface area contributed by atoms with Crippen molar-refractivity contribution in [2.75, 3.05) is 7.11 Å². The van der Waals surface area contributed by atoms with Crippen LogP contribution >= 0.6 is 15.9 Å². The first-order valence-electron chi connectivity index (χ1n) is 5.31. The normalized spacial score (nSPS) is 9.56. The Kier molecular flexibility index (Phi) is 4.74. The smallest absolute Gasteiger partial charge is 0.132 e. The van der Waals surface area contributed by atoms with E-state index in [0.717, 1.165) is 26.7 Å². The molecule has 2 nitrogen and oxygen atoms in total. The van der Waals surface area contributed by atoms with Crippen LogP contribution in [0.4, 0.5) is 0 Å². The summed E-state index contributed by atoms with van der Waals surface area (Å²) in [5, 5.41) is 1.04. The number of benzene rings is 1. The number of fused-ring (bicyclic) bond motifs is 1. The highest BCUT2D eigenvalue weighted by atomic mass is 79.9. The van der Waals surface area contributed by atoms with Crippen molar-refractivity contribution < 1.29 is 4.74 Å². The minimum atomic E-state index is 0.899. The second-order valence-corrected chi connectivity index (χ2v) is 4.05. The summed E-state index contributed by atoms with van der Waals surface area (Å²) in [6.45, 7) is 5.99. The van der Waals surface area contributed by atoms with Crippen LogP contribution in [0.3, 0.4) is 0 Å². The average molecular weight is 282 g/mol. The van der Waals surface area contributed by atoms with Crippen molar-refractivity contribution in [3.05, 3.63) is 34.4 Å². The number of aromatic nitrogens is 1. The number of hydrogen-bond donors (Lipinski definition) is 0. The molecule has 0 spiro atoms. The number of halogens is 1. The first-order chi connectivity index (χ1) is 7.72. The van der Waals surface area contributed by atoms with Crippen LogP contribution in [0.2, 0.25) is 0 Å². The van der Waals surface area contributed by atoms with E-state index in [1.165, 1.54) is 0 Å². The standard InChI is InChI=1S/C11H10BrNO.C2H6/c1-7-6-13-10-4-3-8(12)5-9(10)11(7)14-2;1-2/h3-6H,1-2H3;1-2H3. The topological polar surface area (TPSA) is 22.1 Å². The molecule has 3 heteroatoms. The number of nitrogens with zero attached hydrogens (tertiary/aromatic N) is 1. The molecule has 0 amide bonds. The van der Waals surface area contributed by atoms with Gasteiger partial charge in [0.05, 0.1) is 12.6 Å². The first kappa shape index (κ1) is 13.0. The Balaban J connectivity index is 0.000000606. The molecule has 0 aliphatic rings. The monoisotopic (exact) mass is 281 g/mol. The van der Waals surface area contributed by atoms with Gasteiger partial charge in [-0.05, 0) is 25.1 Å². The van der Waals surface area contributed by atoms with E-state index in [2.05, 4.69) is 20.9 Å². The summed E-state index contributed by atoms with van der Waals surface area (Å²) in [6.07, 6.45) is 1.83. The number of ether oxygens (including phenoxy) is 1. The van der Waals surface area contributed by atoms with Crippen LogP contribution < -0.4 is 4.74 Å². The number of hydrogen-bond acceptors (Lipinski definition) is 2. The minimum absolute atomic E-state index is 0.899. The Labute approximate surface area is 105 Å². The highest BCUT2D eigenvalue weighted by Crippen LogP contribution is 2.29. The van der Waals surface area contributed by atoms with E-state index in [9.17, 15) is 0 Å². The van der Waals surface area contributed by atoms with Crippen molar-refractivity contribution in [2.45, 2.75) is 20.8 Å². The second-order valence-electron chi connectivity index (χ2n) is 3.14. The molecule has 0 radical (unpaired) electrons. The third-order valence-electron chi connectivity index (χ3n) is 2.16. The van der Waals surface area contributed by atoms with Gasteiger partial charge in [-0.3, -0.25) is 4.98 Å². The van der Waals surface area contributed by atoms with Gasteiger partial charge in [-0.2, -0.15) is 0 Å². The van der Waals surface area contributed by atoms with Gasteiger partial charge in [0, 0.05) is 21.6 Å². The lowest BCUT2D eigenvalue weighted by Gasteiger charge is -2.07. The lowest BCUT2D eigenvalue weighted by Crippen LogP contribution is -1.90. The molecule has 0 aliphatic heterocycles. The van der Waals surface area contributed by atoms with Gasteiger partial charge in [0.25, 0.3) is 0 Å². The number of methoxy groups -OCH3 is 1. The van der Waals surface area contributed by atoms with Gasteiger partial charge in [0.1, 0.15) is 5.75 Å². The zero-order valence-electron chi connectivity index (χ0n) is 10.0. The Bertz CT molecular complexity index is 477. The highest BCUT2D eigenvalue weighted by Gasteiger charge is 2.05. The van der Waals surface area contributed by atoms with E-state index >= 15 is 0 Å². The molecule has 2 aromatic rings. The van der Waals surface area contributed by atoms with Crippen molar-refractivity contribution >= 4 is 26.8 Å². The molecule has 1 aromatic carbocycles. The van der Waals surface area contributed by atoms with Crippen LogP contribution in [0.1, 0.15) is 19.4 Å². The maximum Gasteiger partial charge on any atom is 0.132 e. The van der Waals surface area contributed by atoms with Crippen molar-refractivity contribution in [1.29, 1.82) is 0 Å². The lowest BCUT2D eigenvalue weighted by atomic mass is 10.1. The Morgan fingerprint density at radius 2 is 1.94 bits per heavy atom. The van der Waals surface area contributed by atoms with E-state index in [-0.39, 0.29) is 0 Å². The van der Waals surface area contributed by atoms with Gasteiger partial charge in [0.15, 0.2) is 0 Å².